The van der Waals surface area contributed by atoms with Crippen LogP contribution in [0.2, 0.25) is 0 Å². The SMILES string of the molecule is CC(CCCC(C)C(=O)O)NCc1ccc(C(C)C)cc1. The van der Waals surface area contributed by atoms with Gasteiger partial charge in [0.1, 0.15) is 0 Å². The highest BCUT2D eigenvalue weighted by Crippen LogP contribution is 2.15. The highest BCUT2D eigenvalue weighted by atomic mass is 16.4. The van der Waals surface area contributed by atoms with E-state index in [4.69, 9.17) is 5.11 Å². The summed E-state index contributed by atoms with van der Waals surface area (Å²) in [5, 5.41) is 12.3. The first-order chi connectivity index (χ1) is 9.90. The molecular weight excluding hydrogens is 262 g/mol. The van der Waals surface area contributed by atoms with Gasteiger partial charge in [0.25, 0.3) is 0 Å². The van der Waals surface area contributed by atoms with Crippen LogP contribution in [0.4, 0.5) is 0 Å². The predicted octanol–water partition coefficient (Wildman–Crippen LogP) is 4.18. The number of aliphatic carboxylic acids is 1. The molecule has 21 heavy (non-hydrogen) atoms. The van der Waals surface area contributed by atoms with E-state index in [1.165, 1.54) is 11.1 Å². The number of hydrogen-bond donors (Lipinski definition) is 2. The summed E-state index contributed by atoms with van der Waals surface area (Å²) in [5.74, 6) is -0.358. The van der Waals surface area contributed by atoms with E-state index in [-0.39, 0.29) is 5.92 Å². The van der Waals surface area contributed by atoms with Crippen molar-refractivity contribution in [2.45, 2.75) is 65.5 Å². The number of carboxylic acid groups (broad SMARTS) is 1. The monoisotopic (exact) mass is 291 g/mol. The minimum Gasteiger partial charge on any atom is -0.481 e. The Morgan fingerprint density at radius 1 is 1.10 bits per heavy atom. The third-order valence-electron chi connectivity index (χ3n) is 4.00. The number of hydrogen-bond acceptors (Lipinski definition) is 2. The van der Waals surface area contributed by atoms with Crippen molar-refractivity contribution in [3.8, 4) is 0 Å². The van der Waals surface area contributed by atoms with Gasteiger partial charge in [-0.2, -0.15) is 0 Å². The lowest BCUT2D eigenvalue weighted by atomic mass is 10.0. The Kier molecular flexibility index (Phi) is 7.44. The van der Waals surface area contributed by atoms with Crippen molar-refractivity contribution in [2.24, 2.45) is 5.92 Å². The summed E-state index contributed by atoms with van der Waals surface area (Å²) in [6.45, 7) is 9.21. The summed E-state index contributed by atoms with van der Waals surface area (Å²) >= 11 is 0. The van der Waals surface area contributed by atoms with Crippen LogP contribution >= 0.6 is 0 Å². The lowest BCUT2D eigenvalue weighted by molar-refractivity contribution is -0.141. The predicted molar refractivity (Wildman–Crippen MR) is 87.5 cm³/mol. The minimum atomic E-state index is -0.694. The molecule has 0 saturated carbocycles. The van der Waals surface area contributed by atoms with Gasteiger partial charge in [0, 0.05) is 12.6 Å². The van der Waals surface area contributed by atoms with Crippen LogP contribution in [0.5, 0.6) is 0 Å². The van der Waals surface area contributed by atoms with Crippen molar-refractivity contribution < 1.29 is 9.90 Å². The Bertz CT molecular complexity index is 425. The Balaban J connectivity index is 2.26. The molecule has 1 aromatic rings. The molecule has 0 bridgehead atoms. The highest BCUT2D eigenvalue weighted by Gasteiger charge is 2.11. The molecule has 118 valence electrons. The van der Waals surface area contributed by atoms with Crippen LogP contribution in [-0.4, -0.2) is 17.1 Å². The average Bonchev–Trinajstić information content (AvgIpc) is 2.45. The van der Waals surface area contributed by atoms with Crippen LogP contribution in [0.3, 0.4) is 0 Å². The van der Waals surface area contributed by atoms with Gasteiger partial charge in [-0.25, -0.2) is 0 Å². The maximum atomic E-state index is 10.7. The minimum absolute atomic E-state index is 0.235. The normalized spacial score (nSPS) is 14.1. The quantitative estimate of drug-likeness (QED) is 0.717. The maximum Gasteiger partial charge on any atom is 0.306 e. The molecular formula is C18H29NO2. The van der Waals surface area contributed by atoms with Gasteiger partial charge < -0.3 is 10.4 Å². The fraction of sp³-hybridized carbons (Fsp3) is 0.611. The first-order valence-corrected chi connectivity index (χ1v) is 7.95. The largest absolute Gasteiger partial charge is 0.481 e. The molecule has 0 amide bonds. The molecule has 3 heteroatoms. The second-order valence-corrected chi connectivity index (χ2v) is 6.35. The van der Waals surface area contributed by atoms with E-state index < -0.39 is 5.97 Å². The highest BCUT2D eigenvalue weighted by molar-refractivity contribution is 5.69. The lowest BCUT2D eigenvalue weighted by Gasteiger charge is -2.15. The summed E-state index contributed by atoms with van der Waals surface area (Å²) in [4.78, 5) is 10.7. The number of benzene rings is 1. The van der Waals surface area contributed by atoms with Gasteiger partial charge in [0.15, 0.2) is 0 Å². The Labute approximate surface area is 128 Å². The summed E-state index contributed by atoms with van der Waals surface area (Å²) in [6.07, 6.45) is 2.72. The molecule has 3 nitrogen and oxygen atoms in total. The molecule has 2 N–H and O–H groups in total. The molecule has 1 aromatic carbocycles. The summed E-state index contributed by atoms with van der Waals surface area (Å²) < 4.78 is 0. The van der Waals surface area contributed by atoms with Crippen molar-refractivity contribution in [3.63, 3.8) is 0 Å². The van der Waals surface area contributed by atoms with E-state index in [1.807, 2.05) is 0 Å². The van der Waals surface area contributed by atoms with Crippen LogP contribution in [0.25, 0.3) is 0 Å². The van der Waals surface area contributed by atoms with Crippen molar-refractivity contribution >= 4 is 5.97 Å². The molecule has 0 spiro atoms. The topological polar surface area (TPSA) is 49.3 Å². The van der Waals surface area contributed by atoms with Crippen molar-refractivity contribution in [1.82, 2.24) is 5.32 Å². The van der Waals surface area contributed by atoms with Gasteiger partial charge in [-0.1, -0.05) is 51.5 Å². The molecule has 0 radical (unpaired) electrons. The molecule has 0 aliphatic rings. The van der Waals surface area contributed by atoms with Gasteiger partial charge in [-0.3, -0.25) is 4.79 Å². The third kappa shape index (κ3) is 6.76. The summed E-state index contributed by atoms with van der Waals surface area (Å²) in [5.41, 5.74) is 2.67. The number of carboxylic acids is 1. The van der Waals surface area contributed by atoms with E-state index in [0.29, 0.717) is 12.0 Å². The zero-order valence-corrected chi connectivity index (χ0v) is 13.7. The summed E-state index contributed by atoms with van der Waals surface area (Å²) in [6, 6.07) is 9.17. The van der Waals surface area contributed by atoms with Crippen LogP contribution in [0, 0.1) is 5.92 Å². The zero-order valence-electron chi connectivity index (χ0n) is 13.7. The molecule has 0 aliphatic heterocycles. The fourth-order valence-electron chi connectivity index (χ4n) is 2.27. The van der Waals surface area contributed by atoms with E-state index in [0.717, 1.165) is 25.8 Å². The molecule has 0 aliphatic carbocycles. The van der Waals surface area contributed by atoms with E-state index in [1.54, 1.807) is 6.92 Å². The van der Waals surface area contributed by atoms with Gasteiger partial charge in [0.05, 0.1) is 5.92 Å². The van der Waals surface area contributed by atoms with E-state index in [2.05, 4.69) is 50.4 Å². The van der Waals surface area contributed by atoms with Gasteiger partial charge >= 0.3 is 5.97 Å². The Morgan fingerprint density at radius 2 is 1.71 bits per heavy atom. The molecule has 0 heterocycles. The van der Waals surface area contributed by atoms with Crippen LogP contribution in [0.1, 0.15) is 64.0 Å². The standard InChI is InChI=1S/C18H29NO2/c1-13(2)17-10-8-16(9-11-17)12-19-15(4)7-5-6-14(3)18(20)21/h8-11,13-15,19H,5-7,12H2,1-4H3,(H,20,21). The van der Waals surface area contributed by atoms with Crippen molar-refractivity contribution in [2.75, 3.05) is 0 Å². The molecule has 0 fully saturated rings. The van der Waals surface area contributed by atoms with Crippen LogP contribution in [0.15, 0.2) is 24.3 Å². The first-order valence-electron chi connectivity index (χ1n) is 7.95. The second kappa shape index (κ2) is 8.83. The smallest absolute Gasteiger partial charge is 0.306 e. The zero-order chi connectivity index (χ0) is 15.8. The Hall–Kier alpha value is -1.35. The van der Waals surface area contributed by atoms with Gasteiger partial charge in [-0.15, -0.1) is 0 Å². The first kappa shape index (κ1) is 17.7. The number of rotatable bonds is 9. The molecule has 0 saturated heterocycles. The number of nitrogens with one attached hydrogen (secondary N) is 1. The van der Waals surface area contributed by atoms with Gasteiger partial charge in [0.2, 0.25) is 0 Å². The second-order valence-electron chi connectivity index (χ2n) is 6.35. The molecule has 0 aromatic heterocycles. The average molecular weight is 291 g/mol. The van der Waals surface area contributed by atoms with E-state index >= 15 is 0 Å². The van der Waals surface area contributed by atoms with Crippen molar-refractivity contribution in [3.05, 3.63) is 35.4 Å². The molecule has 2 atom stereocenters. The Morgan fingerprint density at radius 3 is 2.24 bits per heavy atom. The maximum absolute atomic E-state index is 10.7. The van der Waals surface area contributed by atoms with E-state index in [9.17, 15) is 4.79 Å². The van der Waals surface area contributed by atoms with Crippen LogP contribution in [-0.2, 0) is 11.3 Å². The number of carbonyl (C=O) groups is 1. The molecule has 2 unspecified atom stereocenters. The third-order valence-corrected chi connectivity index (χ3v) is 4.00. The van der Waals surface area contributed by atoms with Gasteiger partial charge in [-0.05, 0) is 36.8 Å². The lowest BCUT2D eigenvalue weighted by Crippen LogP contribution is -2.25. The fourth-order valence-corrected chi connectivity index (χ4v) is 2.27. The summed E-state index contributed by atoms with van der Waals surface area (Å²) in [7, 11) is 0. The van der Waals surface area contributed by atoms with Crippen molar-refractivity contribution in [1.29, 1.82) is 0 Å². The van der Waals surface area contributed by atoms with Crippen LogP contribution < -0.4 is 5.32 Å². The molecule has 1 rings (SSSR count).